The molecule has 1 saturated carbocycles. The number of hydrogen-bond donors (Lipinski definition) is 2. The number of aliphatic imine (C=N–C) groups is 1. The largest absolute Gasteiger partial charge is 0.481 e. The zero-order valence-corrected chi connectivity index (χ0v) is 24.1. The number of esters is 1. The van der Waals surface area contributed by atoms with Crippen LogP contribution in [0.2, 0.25) is 0 Å². The fourth-order valence-electron chi connectivity index (χ4n) is 5.25. The van der Waals surface area contributed by atoms with Crippen molar-refractivity contribution in [2.75, 3.05) is 20.2 Å². The molecule has 0 bridgehead atoms. The second-order valence-electron chi connectivity index (χ2n) is 9.65. The molecule has 1 aromatic carbocycles. The number of amidine groups is 1. The van der Waals surface area contributed by atoms with Gasteiger partial charge in [-0.05, 0) is 53.2 Å². The number of methoxy groups -OCH3 is 1. The molecule has 2 fully saturated rings. The summed E-state index contributed by atoms with van der Waals surface area (Å²) in [4.78, 5) is 33.4. The maximum Gasteiger partial charge on any atom is 0.338 e. The molecule has 3 aliphatic rings. The van der Waals surface area contributed by atoms with E-state index in [1.807, 2.05) is 0 Å². The number of halogens is 2. The zero-order valence-electron chi connectivity index (χ0n) is 20.8. The Bertz CT molecular complexity index is 1450. The monoisotopic (exact) mass is 640 g/mol. The fraction of sp³-hybridized carbons (Fsp3) is 0.440. The molecule has 1 unspecified atom stereocenters. The van der Waals surface area contributed by atoms with Gasteiger partial charge in [0, 0.05) is 36.3 Å². The van der Waals surface area contributed by atoms with Crippen LogP contribution in [0.25, 0.3) is 0 Å². The Morgan fingerprint density at radius 2 is 1.97 bits per heavy atom. The third kappa shape index (κ3) is 5.26. The summed E-state index contributed by atoms with van der Waals surface area (Å²) in [6.45, 7) is 0.442. The number of carbonyl (C=O) groups is 2. The van der Waals surface area contributed by atoms with Crippen LogP contribution in [-0.2, 0) is 24.3 Å². The molecular weight excluding hydrogens is 615 g/mol. The first-order valence-corrected chi connectivity index (χ1v) is 15.5. The third-order valence-corrected chi connectivity index (χ3v) is 11.4. The molecular formula is C25H26BrFN4O6S2. The first-order chi connectivity index (χ1) is 18.6. The number of carboxylic acid groups (broad SMARTS) is 1. The first-order valence-electron chi connectivity index (χ1n) is 12.3. The number of aromatic nitrogens is 1. The van der Waals surface area contributed by atoms with Gasteiger partial charge in [0.1, 0.15) is 11.9 Å². The SMILES string of the molecule is COC(=O)C1=C(C2CCN(S(=O)(=O)C3CC(C(=O)O)C3)CC2)NC(c2nccs2)=NC1c1cccc(F)c1Br. The summed E-state index contributed by atoms with van der Waals surface area (Å²) < 4.78 is 47.5. The quantitative estimate of drug-likeness (QED) is 0.439. The zero-order chi connectivity index (χ0) is 27.9. The molecule has 208 valence electrons. The summed E-state index contributed by atoms with van der Waals surface area (Å²) >= 11 is 4.66. The maximum atomic E-state index is 14.5. The number of piperidine rings is 1. The molecule has 0 spiro atoms. The van der Waals surface area contributed by atoms with Crippen LogP contribution < -0.4 is 5.32 Å². The molecule has 2 aromatic rings. The molecule has 5 rings (SSSR count). The van der Waals surface area contributed by atoms with Gasteiger partial charge in [-0.2, -0.15) is 0 Å². The number of nitrogens with zero attached hydrogens (tertiary/aromatic N) is 3. The average molecular weight is 642 g/mol. The van der Waals surface area contributed by atoms with Crippen LogP contribution in [0.15, 0.2) is 50.5 Å². The van der Waals surface area contributed by atoms with E-state index in [9.17, 15) is 22.4 Å². The summed E-state index contributed by atoms with van der Waals surface area (Å²) in [5.41, 5.74) is 1.23. The summed E-state index contributed by atoms with van der Waals surface area (Å²) in [6.07, 6.45) is 2.71. The van der Waals surface area contributed by atoms with Crippen LogP contribution in [0, 0.1) is 17.7 Å². The standard InChI is InChI=1S/C25H26BrFN4O6S2/c1-37-25(34)18-20(13-5-8-31(9-6-13)39(35,36)15-11-14(12-15)24(32)33)29-22(23-28-7-10-38-23)30-21(18)16-3-2-4-17(27)19(16)26/h2-4,7,10,13-15,21H,5-6,8-9,11-12H2,1H3,(H,29,30)(H,32,33). The van der Waals surface area contributed by atoms with Gasteiger partial charge in [-0.3, -0.25) is 9.79 Å². The Balaban J connectivity index is 1.46. The van der Waals surface area contributed by atoms with Crippen LogP contribution in [0.5, 0.6) is 0 Å². The fourth-order valence-corrected chi connectivity index (χ4v) is 8.41. The van der Waals surface area contributed by atoms with Crippen molar-refractivity contribution in [3.8, 4) is 0 Å². The number of nitrogens with one attached hydrogen (secondary N) is 1. The molecule has 2 N–H and O–H groups in total. The van der Waals surface area contributed by atoms with Crippen molar-refractivity contribution >= 4 is 55.1 Å². The second kappa shape index (κ2) is 11.1. The smallest absolute Gasteiger partial charge is 0.338 e. The minimum Gasteiger partial charge on any atom is -0.481 e. The molecule has 0 amide bonds. The number of aliphatic carboxylic acids is 1. The van der Waals surface area contributed by atoms with Crippen molar-refractivity contribution in [1.29, 1.82) is 0 Å². The highest BCUT2D eigenvalue weighted by atomic mass is 79.9. The minimum atomic E-state index is -3.63. The lowest BCUT2D eigenvalue weighted by atomic mass is 9.85. The summed E-state index contributed by atoms with van der Waals surface area (Å²) in [5, 5.41) is 14.1. The van der Waals surface area contributed by atoms with Gasteiger partial charge < -0.3 is 15.2 Å². The number of sulfonamides is 1. The number of carboxylic acids is 1. The molecule has 0 radical (unpaired) electrons. The first kappa shape index (κ1) is 27.9. The van der Waals surface area contributed by atoms with E-state index in [-0.39, 0.29) is 41.9 Å². The Labute approximate surface area is 237 Å². The van der Waals surface area contributed by atoms with Gasteiger partial charge in [-0.25, -0.2) is 26.9 Å². The summed E-state index contributed by atoms with van der Waals surface area (Å²) in [7, 11) is -2.36. The Morgan fingerprint density at radius 3 is 2.59 bits per heavy atom. The minimum absolute atomic E-state index is 0.120. The van der Waals surface area contributed by atoms with Crippen molar-refractivity contribution in [3.05, 3.63) is 61.9 Å². The third-order valence-electron chi connectivity index (χ3n) is 7.48. The lowest BCUT2D eigenvalue weighted by Gasteiger charge is -2.40. The van der Waals surface area contributed by atoms with Crippen molar-refractivity contribution in [1.82, 2.24) is 14.6 Å². The van der Waals surface area contributed by atoms with E-state index in [0.717, 1.165) is 0 Å². The van der Waals surface area contributed by atoms with Crippen LogP contribution in [0.4, 0.5) is 4.39 Å². The van der Waals surface area contributed by atoms with Crippen LogP contribution in [0.3, 0.4) is 0 Å². The van der Waals surface area contributed by atoms with Gasteiger partial charge in [-0.15, -0.1) is 11.3 Å². The van der Waals surface area contributed by atoms with Crippen molar-refractivity contribution in [2.45, 2.75) is 37.0 Å². The average Bonchev–Trinajstić information content (AvgIpc) is 3.43. The normalized spacial score (nSPS) is 24.5. The van der Waals surface area contributed by atoms with Crippen LogP contribution in [0.1, 0.15) is 42.3 Å². The molecule has 1 aliphatic carbocycles. The highest BCUT2D eigenvalue weighted by molar-refractivity contribution is 9.10. The predicted molar refractivity (Wildman–Crippen MR) is 145 cm³/mol. The van der Waals surface area contributed by atoms with E-state index < -0.39 is 45.0 Å². The molecule has 1 aromatic heterocycles. The number of benzene rings is 1. The molecule has 1 saturated heterocycles. The summed E-state index contributed by atoms with van der Waals surface area (Å²) in [5.74, 6) is -2.52. The number of hydrogen-bond acceptors (Lipinski definition) is 9. The summed E-state index contributed by atoms with van der Waals surface area (Å²) in [6, 6.07) is 3.65. The highest BCUT2D eigenvalue weighted by Crippen LogP contribution is 2.41. The molecule has 14 heteroatoms. The van der Waals surface area contributed by atoms with Gasteiger partial charge in [0.05, 0.1) is 28.3 Å². The Kier molecular flexibility index (Phi) is 7.91. The van der Waals surface area contributed by atoms with E-state index in [0.29, 0.717) is 34.9 Å². The molecule has 1 atom stereocenters. The number of rotatable bonds is 7. The van der Waals surface area contributed by atoms with Gasteiger partial charge in [0.15, 0.2) is 10.8 Å². The molecule has 39 heavy (non-hydrogen) atoms. The van der Waals surface area contributed by atoms with Gasteiger partial charge >= 0.3 is 11.9 Å². The predicted octanol–water partition coefficient (Wildman–Crippen LogP) is 3.47. The van der Waals surface area contributed by atoms with E-state index >= 15 is 0 Å². The lowest BCUT2D eigenvalue weighted by molar-refractivity contribution is -0.144. The van der Waals surface area contributed by atoms with Gasteiger partial charge in [0.25, 0.3) is 0 Å². The number of thiazole rings is 1. The van der Waals surface area contributed by atoms with Gasteiger partial charge in [-0.1, -0.05) is 12.1 Å². The number of carbonyl (C=O) groups excluding carboxylic acids is 1. The lowest BCUT2D eigenvalue weighted by Crippen LogP contribution is -2.50. The van der Waals surface area contributed by atoms with Crippen molar-refractivity contribution < 1.29 is 32.2 Å². The Morgan fingerprint density at radius 1 is 1.26 bits per heavy atom. The topological polar surface area (TPSA) is 138 Å². The molecule has 10 nitrogen and oxygen atoms in total. The van der Waals surface area contributed by atoms with Gasteiger partial charge in [0.2, 0.25) is 10.0 Å². The van der Waals surface area contributed by atoms with Crippen molar-refractivity contribution in [3.63, 3.8) is 0 Å². The van der Waals surface area contributed by atoms with Crippen molar-refractivity contribution in [2.24, 2.45) is 16.8 Å². The molecule has 3 heterocycles. The number of allylic oxidation sites excluding steroid dienone is 1. The maximum absolute atomic E-state index is 14.5. The second-order valence-corrected chi connectivity index (χ2v) is 13.6. The number of ether oxygens (including phenoxy) is 1. The van der Waals surface area contributed by atoms with E-state index in [1.165, 1.54) is 28.8 Å². The molecule has 2 aliphatic heterocycles. The Hall–Kier alpha value is -2.68. The van der Waals surface area contributed by atoms with Crippen LogP contribution in [-0.4, -0.2) is 66.0 Å². The van der Waals surface area contributed by atoms with E-state index in [1.54, 1.807) is 23.7 Å². The van der Waals surface area contributed by atoms with Crippen LogP contribution >= 0.6 is 27.3 Å². The van der Waals surface area contributed by atoms with E-state index in [4.69, 9.17) is 14.8 Å². The highest BCUT2D eigenvalue weighted by Gasteiger charge is 2.46. The van der Waals surface area contributed by atoms with E-state index in [2.05, 4.69) is 26.2 Å².